The van der Waals surface area contributed by atoms with Gasteiger partial charge < -0.3 is 14.8 Å². The number of nitrogens with zero attached hydrogens (tertiary/aromatic N) is 1. The van der Waals surface area contributed by atoms with Crippen LogP contribution < -0.4 is 5.32 Å². The molecule has 0 aliphatic carbocycles. The van der Waals surface area contributed by atoms with Gasteiger partial charge in [-0.05, 0) is 27.7 Å². The lowest BCUT2D eigenvalue weighted by Crippen LogP contribution is -2.45. The Labute approximate surface area is 156 Å². The number of hydrogen-bond donors (Lipinski definition) is 1. The molecule has 1 amide bonds. The first-order valence-electron chi connectivity index (χ1n) is 7.97. The number of ether oxygens (including phenoxy) is 2. The Kier molecular flexibility index (Phi) is 7.88. The molecule has 144 valence electrons. The predicted molar refractivity (Wildman–Crippen MR) is 99.1 cm³/mol. The molecule has 0 radical (unpaired) electrons. The Morgan fingerprint density at radius 2 is 1.92 bits per heavy atom. The zero-order chi connectivity index (χ0) is 19.9. The summed E-state index contributed by atoms with van der Waals surface area (Å²) in [4.78, 5) is 34.5. The quantitative estimate of drug-likeness (QED) is 0.436. The number of nitro benzene ring substituents is 1. The fraction of sp³-hybridized carbons (Fsp3) is 0.529. The average Bonchev–Trinajstić information content (AvgIpc) is 2.55. The zero-order valence-electron chi connectivity index (χ0n) is 15.5. The van der Waals surface area contributed by atoms with E-state index in [0.29, 0.717) is 5.56 Å². The lowest BCUT2D eigenvalue weighted by Gasteiger charge is -2.23. The molecule has 0 saturated heterocycles. The number of carbonyl (C=O) groups excluding carboxylic acids is 2. The number of para-hydroxylation sites is 1. The van der Waals surface area contributed by atoms with Crippen molar-refractivity contribution < 1.29 is 24.0 Å². The number of rotatable bonds is 7. The van der Waals surface area contributed by atoms with E-state index in [4.69, 9.17) is 9.47 Å². The predicted octanol–water partition coefficient (Wildman–Crippen LogP) is 3.46. The highest BCUT2D eigenvalue weighted by molar-refractivity contribution is 7.99. The van der Waals surface area contributed by atoms with E-state index in [2.05, 4.69) is 5.32 Å². The second kappa shape index (κ2) is 9.42. The third-order valence-corrected chi connectivity index (χ3v) is 4.54. The monoisotopic (exact) mass is 384 g/mol. The van der Waals surface area contributed by atoms with Crippen molar-refractivity contribution in [3.63, 3.8) is 0 Å². The zero-order valence-corrected chi connectivity index (χ0v) is 16.3. The van der Waals surface area contributed by atoms with Gasteiger partial charge in [0.25, 0.3) is 5.69 Å². The van der Waals surface area contributed by atoms with Crippen molar-refractivity contribution in [1.29, 1.82) is 0 Å². The van der Waals surface area contributed by atoms with E-state index in [-0.39, 0.29) is 16.7 Å². The molecule has 1 aromatic carbocycles. The maximum Gasteiger partial charge on any atom is 0.408 e. The molecule has 1 N–H and O–H groups in total. The molecule has 8 nitrogen and oxygen atoms in total. The van der Waals surface area contributed by atoms with Crippen LogP contribution in [0.2, 0.25) is 0 Å². The Hall–Kier alpha value is -2.29. The first-order chi connectivity index (χ1) is 12.0. The molecule has 1 unspecified atom stereocenters. The molecular weight excluding hydrogens is 360 g/mol. The molecule has 0 spiro atoms. The number of methoxy groups -OCH3 is 1. The molecule has 9 heteroatoms. The minimum atomic E-state index is -0.926. The Morgan fingerprint density at radius 1 is 1.31 bits per heavy atom. The van der Waals surface area contributed by atoms with Crippen molar-refractivity contribution in [1.82, 2.24) is 5.32 Å². The summed E-state index contributed by atoms with van der Waals surface area (Å²) in [7, 11) is 1.22. The highest BCUT2D eigenvalue weighted by Gasteiger charge is 2.27. The molecule has 0 fully saturated rings. The van der Waals surface area contributed by atoms with Crippen LogP contribution in [0.15, 0.2) is 24.3 Å². The molecule has 0 aromatic heterocycles. The number of nitro groups is 1. The minimum Gasteiger partial charge on any atom is -0.467 e. The van der Waals surface area contributed by atoms with Crippen LogP contribution in [-0.4, -0.2) is 41.5 Å². The van der Waals surface area contributed by atoms with Crippen molar-refractivity contribution in [2.45, 2.75) is 44.6 Å². The topological polar surface area (TPSA) is 108 Å². The summed E-state index contributed by atoms with van der Waals surface area (Å²) in [5.74, 6) is -0.433. The van der Waals surface area contributed by atoms with Crippen molar-refractivity contribution in [2.24, 2.45) is 0 Å². The number of hydrogen-bond acceptors (Lipinski definition) is 7. The second-order valence-electron chi connectivity index (χ2n) is 6.51. The number of nitrogens with one attached hydrogen (secondary N) is 1. The third kappa shape index (κ3) is 6.91. The number of carbonyl (C=O) groups is 2. The molecule has 26 heavy (non-hydrogen) atoms. The van der Waals surface area contributed by atoms with E-state index in [9.17, 15) is 19.7 Å². The molecule has 2 atom stereocenters. The van der Waals surface area contributed by atoms with Gasteiger partial charge in [0.05, 0.1) is 12.0 Å². The SMILES string of the molecule is COC(=O)[C@@H](CSC(C)c1ccccc1[N+](=O)[O-])NC(=O)OC(C)(C)C. The third-order valence-electron chi connectivity index (χ3n) is 3.26. The van der Waals surface area contributed by atoms with E-state index in [1.807, 2.05) is 0 Å². The number of alkyl carbamates (subject to hydrolysis) is 1. The average molecular weight is 384 g/mol. The van der Waals surface area contributed by atoms with Crippen LogP contribution in [0.25, 0.3) is 0 Å². The summed E-state index contributed by atoms with van der Waals surface area (Å²) in [6, 6.07) is 5.49. The number of amides is 1. The summed E-state index contributed by atoms with van der Waals surface area (Å²) >= 11 is 1.30. The molecule has 1 rings (SSSR count). The van der Waals surface area contributed by atoms with E-state index >= 15 is 0 Å². The van der Waals surface area contributed by atoms with Crippen molar-refractivity contribution in [2.75, 3.05) is 12.9 Å². The lowest BCUT2D eigenvalue weighted by atomic mass is 10.1. The van der Waals surface area contributed by atoms with Gasteiger partial charge in [-0.3, -0.25) is 10.1 Å². The van der Waals surface area contributed by atoms with Gasteiger partial charge in [0.15, 0.2) is 0 Å². The first kappa shape index (κ1) is 21.8. The van der Waals surface area contributed by atoms with Crippen LogP contribution in [-0.2, 0) is 14.3 Å². The first-order valence-corrected chi connectivity index (χ1v) is 9.02. The molecule has 0 saturated carbocycles. The molecule has 0 aliphatic heterocycles. The van der Waals surface area contributed by atoms with Gasteiger partial charge in [-0.25, -0.2) is 9.59 Å². The van der Waals surface area contributed by atoms with E-state index in [1.165, 1.54) is 24.9 Å². The fourth-order valence-electron chi connectivity index (χ4n) is 2.09. The smallest absolute Gasteiger partial charge is 0.408 e. The Morgan fingerprint density at radius 3 is 2.46 bits per heavy atom. The van der Waals surface area contributed by atoms with E-state index in [1.54, 1.807) is 45.9 Å². The minimum absolute atomic E-state index is 0.0159. The van der Waals surface area contributed by atoms with E-state index in [0.717, 1.165) is 0 Å². The lowest BCUT2D eigenvalue weighted by molar-refractivity contribution is -0.385. The molecule has 0 bridgehead atoms. The standard InChI is InChI=1S/C17H24N2O6S/c1-11(12-8-6-7-9-14(12)19(22)23)26-10-13(15(20)24-5)18-16(21)25-17(2,3)4/h6-9,11,13H,10H2,1-5H3,(H,18,21)/t11?,13-/m1/s1. The Balaban J connectivity index is 2.79. The van der Waals surface area contributed by atoms with Crippen LogP contribution in [0.4, 0.5) is 10.5 Å². The molecular formula is C17H24N2O6S. The van der Waals surface area contributed by atoms with Crippen LogP contribution in [0.3, 0.4) is 0 Å². The van der Waals surface area contributed by atoms with Gasteiger partial charge in [-0.1, -0.05) is 18.2 Å². The van der Waals surface area contributed by atoms with Crippen LogP contribution >= 0.6 is 11.8 Å². The van der Waals surface area contributed by atoms with Gasteiger partial charge in [0, 0.05) is 22.6 Å². The molecule has 0 aliphatic rings. The van der Waals surface area contributed by atoms with Crippen LogP contribution in [0, 0.1) is 10.1 Å². The largest absolute Gasteiger partial charge is 0.467 e. The van der Waals surface area contributed by atoms with Gasteiger partial charge in [0.1, 0.15) is 11.6 Å². The second-order valence-corrected chi connectivity index (χ2v) is 7.89. The summed E-state index contributed by atoms with van der Waals surface area (Å²) < 4.78 is 9.86. The molecule has 0 heterocycles. The van der Waals surface area contributed by atoms with Gasteiger partial charge in [0.2, 0.25) is 0 Å². The highest BCUT2D eigenvalue weighted by Crippen LogP contribution is 2.34. The maximum absolute atomic E-state index is 11.9. The highest BCUT2D eigenvalue weighted by atomic mass is 32.2. The Bertz CT molecular complexity index is 659. The molecule has 1 aromatic rings. The summed E-state index contributed by atoms with van der Waals surface area (Å²) in [5.41, 5.74) is -0.138. The van der Waals surface area contributed by atoms with Gasteiger partial charge in [-0.15, -0.1) is 0 Å². The normalized spacial score (nSPS) is 13.4. The maximum atomic E-state index is 11.9. The number of thioether (sulfide) groups is 1. The number of benzene rings is 1. The van der Waals surface area contributed by atoms with E-state index < -0.39 is 28.6 Å². The number of esters is 1. The van der Waals surface area contributed by atoms with Crippen molar-refractivity contribution in [3.8, 4) is 0 Å². The van der Waals surface area contributed by atoms with Crippen LogP contribution in [0.5, 0.6) is 0 Å². The van der Waals surface area contributed by atoms with Crippen molar-refractivity contribution in [3.05, 3.63) is 39.9 Å². The fourth-order valence-corrected chi connectivity index (χ4v) is 3.17. The summed E-state index contributed by atoms with van der Waals surface area (Å²) in [6.45, 7) is 6.94. The van der Waals surface area contributed by atoms with Crippen molar-refractivity contribution >= 4 is 29.5 Å². The summed E-state index contributed by atoms with van der Waals surface area (Å²) in [6.07, 6.45) is -0.730. The van der Waals surface area contributed by atoms with Gasteiger partial charge in [-0.2, -0.15) is 11.8 Å². The van der Waals surface area contributed by atoms with Crippen LogP contribution in [0.1, 0.15) is 38.5 Å². The summed E-state index contributed by atoms with van der Waals surface area (Å²) in [5, 5.41) is 13.4. The van der Waals surface area contributed by atoms with Gasteiger partial charge >= 0.3 is 12.1 Å².